The maximum Gasteiger partial charge on any atom is 0.130 e. The Bertz CT molecular complexity index is 171. The molecule has 0 atom stereocenters. The van der Waals surface area contributed by atoms with E-state index in [1.807, 2.05) is 0 Å². The van der Waals surface area contributed by atoms with Crippen molar-refractivity contribution in [2.45, 2.75) is 71.1 Å². The number of rotatable bonds is 11. The summed E-state index contributed by atoms with van der Waals surface area (Å²) in [7, 11) is 0. The average Bonchev–Trinajstić information content (AvgIpc) is 2.25. The molecule has 0 aromatic carbocycles. The molecule has 0 rings (SSSR count). The van der Waals surface area contributed by atoms with Crippen LogP contribution in [0.5, 0.6) is 0 Å². The van der Waals surface area contributed by atoms with Crippen LogP contribution in [0.4, 0.5) is 0 Å². The second kappa shape index (κ2) is 20.2. The van der Waals surface area contributed by atoms with Gasteiger partial charge in [0.1, 0.15) is 4.32 Å². The monoisotopic (exact) mass is 377 g/mol. The van der Waals surface area contributed by atoms with Gasteiger partial charge in [-0.25, -0.2) is 0 Å². The normalized spacial score (nSPS) is 9.22. The van der Waals surface area contributed by atoms with Gasteiger partial charge in [0.25, 0.3) is 0 Å². The molecule has 0 fully saturated rings. The molecule has 0 radical (unpaired) electrons. The van der Waals surface area contributed by atoms with Gasteiger partial charge in [-0.1, -0.05) is 76.9 Å². The molecule has 110 valence electrons. The Kier molecular flexibility index (Phi) is 26.9. The molecular weight excluding hydrogens is 346 g/mol. The van der Waals surface area contributed by atoms with Crippen molar-refractivity contribution < 1.29 is 26.5 Å². The third kappa shape index (κ3) is 22.1. The molecule has 0 aliphatic heterocycles. The Labute approximate surface area is 138 Å². The minimum absolute atomic E-state index is 0. The van der Waals surface area contributed by atoms with Gasteiger partial charge >= 0.3 is 0 Å². The molecule has 3 N–H and O–H groups in total. The Balaban J connectivity index is -0.00000112. The molecule has 0 spiro atoms. The van der Waals surface area contributed by atoms with Crippen LogP contribution in [0.25, 0.3) is 0 Å². The summed E-state index contributed by atoms with van der Waals surface area (Å²) >= 11 is 8.84. The molecule has 18 heavy (non-hydrogen) atoms. The van der Waals surface area contributed by atoms with Crippen molar-refractivity contribution in [2.75, 3.05) is 6.54 Å². The van der Waals surface area contributed by atoms with Gasteiger partial charge in [-0.05, 0) is 6.42 Å². The molecule has 5 heteroatoms. The summed E-state index contributed by atoms with van der Waals surface area (Å²) in [5.74, 6) is 0. The summed E-state index contributed by atoms with van der Waals surface area (Å²) in [6.07, 6.45) is 13.8. The molecule has 0 aliphatic rings. The first kappa shape index (κ1) is 23.9. The second-order valence-corrected chi connectivity index (χ2v) is 5.57. The number of hydrogen-bond acceptors (Lipinski definition) is 1. The maximum absolute atomic E-state index is 4.82. The molecule has 2 nitrogen and oxygen atoms in total. The summed E-state index contributed by atoms with van der Waals surface area (Å²) in [4.78, 5) is 0. The van der Waals surface area contributed by atoms with Crippen LogP contribution in [0, 0.1) is 0 Å². The van der Waals surface area contributed by atoms with Crippen molar-refractivity contribution in [1.82, 2.24) is 5.32 Å². The smallest absolute Gasteiger partial charge is 0.130 e. The van der Waals surface area contributed by atoms with Crippen molar-refractivity contribution in [1.29, 1.82) is 0 Å². The number of thiocarbonyl (C=S) groups is 1. The minimum atomic E-state index is 0. The van der Waals surface area contributed by atoms with E-state index in [4.69, 9.17) is 12.2 Å². The quantitative estimate of drug-likeness (QED) is 0.249. The SMILES string of the molecule is CCCCCCCCCCCCNC(=S)S.O.[Mo]. The Morgan fingerprint density at radius 1 is 0.889 bits per heavy atom. The maximum atomic E-state index is 4.82. The fraction of sp³-hybridized carbons (Fsp3) is 0.923. The fourth-order valence-corrected chi connectivity index (χ4v) is 2.02. The van der Waals surface area contributed by atoms with Crippen molar-refractivity contribution in [3.63, 3.8) is 0 Å². The topological polar surface area (TPSA) is 43.5 Å². The van der Waals surface area contributed by atoms with E-state index in [0.717, 1.165) is 6.54 Å². The number of unbranched alkanes of at least 4 members (excludes halogenated alkanes) is 9. The first-order valence-electron chi connectivity index (χ1n) is 6.74. The van der Waals surface area contributed by atoms with E-state index in [9.17, 15) is 0 Å². The van der Waals surface area contributed by atoms with Crippen LogP contribution in [0.3, 0.4) is 0 Å². The van der Waals surface area contributed by atoms with Gasteiger partial charge in [0.15, 0.2) is 0 Å². The molecule has 0 heterocycles. The summed E-state index contributed by atoms with van der Waals surface area (Å²) < 4.78 is 0.621. The van der Waals surface area contributed by atoms with Crippen LogP contribution in [-0.4, -0.2) is 16.3 Å². The van der Waals surface area contributed by atoms with E-state index in [1.54, 1.807) is 0 Å². The summed E-state index contributed by atoms with van der Waals surface area (Å²) in [5.41, 5.74) is 0. The molecule has 0 saturated heterocycles. The zero-order valence-electron chi connectivity index (χ0n) is 11.5. The Morgan fingerprint density at radius 3 is 1.67 bits per heavy atom. The summed E-state index contributed by atoms with van der Waals surface area (Å²) in [6.45, 7) is 3.25. The standard InChI is InChI=1S/C13H27NS2.Mo.H2O/c1-2-3-4-5-6-7-8-9-10-11-12-14-13(15)16;;/h2-12H2,1H3,(H2,14,15,16);;1H2. The van der Waals surface area contributed by atoms with E-state index < -0.39 is 0 Å². The van der Waals surface area contributed by atoms with Crippen LogP contribution < -0.4 is 5.32 Å². The van der Waals surface area contributed by atoms with Crippen molar-refractivity contribution in [3.8, 4) is 0 Å². The fourth-order valence-electron chi connectivity index (χ4n) is 1.81. The molecule has 0 aromatic heterocycles. The minimum Gasteiger partial charge on any atom is -0.412 e. The summed E-state index contributed by atoms with van der Waals surface area (Å²) in [5, 5.41) is 3.07. The van der Waals surface area contributed by atoms with Gasteiger partial charge in [-0.3, -0.25) is 0 Å². The predicted molar refractivity (Wildman–Crippen MR) is 85.0 cm³/mol. The molecule has 0 aliphatic carbocycles. The van der Waals surface area contributed by atoms with E-state index >= 15 is 0 Å². The van der Waals surface area contributed by atoms with E-state index in [1.165, 1.54) is 64.2 Å². The first-order valence-corrected chi connectivity index (χ1v) is 7.59. The van der Waals surface area contributed by atoms with Crippen LogP contribution in [-0.2, 0) is 21.1 Å². The van der Waals surface area contributed by atoms with Gasteiger partial charge in [0.2, 0.25) is 0 Å². The second-order valence-electron chi connectivity index (χ2n) is 4.41. The van der Waals surface area contributed by atoms with E-state index in [0.29, 0.717) is 4.32 Å². The molecule has 0 amide bonds. The van der Waals surface area contributed by atoms with Crippen LogP contribution in [0.1, 0.15) is 71.1 Å². The molecule has 0 aromatic rings. The Morgan fingerprint density at radius 2 is 1.28 bits per heavy atom. The molecule has 0 bridgehead atoms. The van der Waals surface area contributed by atoms with E-state index in [2.05, 4.69) is 24.9 Å². The van der Waals surface area contributed by atoms with Gasteiger partial charge in [-0.2, -0.15) is 0 Å². The number of thiol groups is 1. The zero-order chi connectivity index (χ0) is 12.1. The van der Waals surface area contributed by atoms with Crippen molar-refractivity contribution in [3.05, 3.63) is 0 Å². The van der Waals surface area contributed by atoms with E-state index in [-0.39, 0.29) is 26.5 Å². The van der Waals surface area contributed by atoms with Crippen LogP contribution in [0.2, 0.25) is 0 Å². The van der Waals surface area contributed by atoms with Gasteiger partial charge in [0, 0.05) is 27.6 Å². The molecular formula is C13H29MoNOS2. The van der Waals surface area contributed by atoms with Gasteiger partial charge < -0.3 is 10.8 Å². The van der Waals surface area contributed by atoms with Crippen LogP contribution in [0.15, 0.2) is 0 Å². The third-order valence-electron chi connectivity index (χ3n) is 2.81. The van der Waals surface area contributed by atoms with Crippen molar-refractivity contribution >= 4 is 29.2 Å². The van der Waals surface area contributed by atoms with Gasteiger partial charge in [-0.15, -0.1) is 12.6 Å². The number of nitrogens with one attached hydrogen (secondary N) is 1. The van der Waals surface area contributed by atoms with Crippen molar-refractivity contribution in [2.24, 2.45) is 0 Å². The first-order chi connectivity index (χ1) is 7.77. The summed E-state index contributed by atoms with van der Waals surface area (Å²) in [6, 6.07) is 0. The molecule has 0 saturated carbocycles. The van der Waals surface area contributed by atoms with Crippen LogP contribution >= 0.6 is 24.8 Å². The van der Waals surface area contributed by atoms with Gasteiger partial charge in [0.05, 0.1) is 0 Å². The molecule has 0 unspecified atom stereocenters. The average molecular weight is 375 g/mol. The zero-order valence-corrected chi connectivity index (χ0v) is 15.3. The predicted octanol–water partition coefficient (Wildman–Crippen LogP) is 3.88. The largest absolute Gasteiger partial charge is 0.412 e. The number of hydrogen-bond donors (Lipinski definition) is 2. The Hall–Kier alpha value is 0.888. The third-order valence-corrected chi connectivity index (χ3v) is 3.11.